The number of hydrogen-bond donors (Lipinski definition) is 1. The maximum Gasteiger partial charge on any atom is 0.243 e. The minimum Gasteiger partial charge on any atom is -0.486 e. The molecule has 1 N–H and O–H groups in total. The summed E-state index contributed by atoms with van der Waals surface area (Å²) in [5.41, 5.74) is 1.86. The summed E-state index contributed by atoms with van der Waals surface area (Å²) in [6.07, 6.45) is 2.06. The molecule has 8 heteroatoms. The molecule has 1 amide bonds. The molecule has 2 atom stereocenters. The van der Waals surface area contributed by atoms with Crippen LogP contribution in [0.15, 0.2) is 47.4 Å². The number of piperidine rings is 1. The Bertz CT molecular complexity index is 1050. The average molecular weight is 445 g/mol. The number of sulfonamides is 1. The first-order valence-electron chi connectivity index (χ1n) is 10.6. The topological polar surface area (TPSA) is 84.9 Å². The molecule has 4 rings (SSSR count). The third-order valence-corrected chi connectivity index (χ3v) is 7.73. The molecular weight excluding hydrogens is 416 g/mol. The predicted molar refractivity (Wildman–Crippen MR) is 117 cm³/mol. The number of nitrogens with zero attached hydrogens (tertiary/aromatic N) is 1. The number of carbonyl (C=O) groups is 1. The standard InChI is InChI=1S/C23H28N2O5S/c1-16-6-9-19(10-7-16)31(27,28)25-12-4-3-5-20(25)23(26)24-17(2)18-8-11-21-22(15-18)30-14-13-29-21/h6-11,15,17,20H,3-5,12-14H2,1-2H3,(H,24,26)/t17-,20-/m1/s1. The van der Waals surface area contributed by atoms with Crippen molar-refractivity contribution in [3.8, 4) is 11.5 Å². The summed E-state index contributed by atoms with van der Waals surface area (Å²) in [7, 11) is -3.75. The summed E-state index contributed by atoms with van der Waals surface area (Å²) in [5, 5.41) is 2.99. The number of aryl methyl sites for hydroxylation is 1. The predicted octanol–water partition coefficient (Wildman–Crippen LogP) is 3.19. The highest BCUT2D eigenvalue weighted by molar-refractivity contribution is 7.89. The molecule has 2 aromatic carbocycles. The average Bonchev–Trinajstić information content (AvgIpc) is 2.79. The smallest absolute Gasteiger partial charge is 0.243 e. The third kappa shape index (κ3) is 4.55. The lowest BCUT2D eigenvalue weighted by molar-refractivity contribution is -0.126. The summed E-state index contributed by atoms with van der Waals surface area (Å²) in [4.78, 5) is 13.4. The lowest BCUT2D eigenvalue weighted by Gasteiger charge is -2.34. The van der Waals surface area contributed by atoms with Crippen LogP contribution in [-0.4, -0.2) is 44.4 Å². The number of rotatable bonds is 5. The van der Waals surface area contributed by atoms with Crippen molar-refractivity contribution in [1.82, 2.24) is 9.62 Å². The van der Waals surface area contributed by atoms with E-state index >= 15 is 0 Å². The van der Waals surface area contributed by atoms with Gasteiger partial charge in [0.05, 0.1) is 10.9 Å². The van der Waals surface area contributed by atoms with Crippen LogP contribution < -0.4 is 14.8 Å². The van der Waals surface area contributed by atoms with Gasteiger partial charge in [0.25, 0.3) is 0 Å². The van der Waals surface area contributed by atoms with Crippen molar-refractivity contribution in [3.63, 3.8) is 0 Å². The Kier molecular flexibility index (Phi) is 6.20. The molecule has 166 valence electrons. The van der Waals surface area contributed by atoms with E-state index in [4.69, 9.17) is 9.47 Å². The molecule has 0 radical (unpaired) electrons. The van der Waals surface area contributed by atoms with Gasteiger partial charge in [-0.05, 0) is 56.5 Å². The third-order valence-electron chi connectivity index (χ3n) is 5.81. The fourth-order valence-electron chi connectivity index (χ4n) is 4.02. The highest BCUT2D eigenvalue weighted by Gasteiger charge is 2.38. The molecule has 1 fully saturated rings. The Labute approximate surface area is 183 Å². The highest BCUT2D eigenvalue weighted by atomic mass is 32.2. The van der Waals surface area contributed by atoms with Crippen molar-refractivity contribution >= 4 is 15.9 Å². The van der Waals surface area contributed by atoms with E-state index in [1.54, 1.807) is 24.3 Å². The molecule has 0 bridgehead atoms. The second-order valence-corrected chi connectivity index (χ2v) is 9.96. The molecule has 2 heterocycles. The number of hydrogen-bond acceptors (Lipinski definition) is 5. The van der Waals surface area contributed by atoms with E-state index in [0.29, 0.717) is 37.7 Å². The Morgan fingerprint density at radius 2 is 1.77 bits per heavy atom. The van der Waals surface area contributed by atoms with Crippen LogP contribution in [0, 0.1) is 6.92 Å². The van der Waals surface area contributed by atoms with Crippen molar-refractivity contribution in [2.24, 2.45) is 0 Å². The largest absolute Gasteiger partial charge is 0.486 e. The normalized spacial score (nSPS) is 20.1. The molecule has 2 aliphatic rings. The van der Waals surface area contributed by atoms with Crippen LogP contribution in [0.5, 0.6) is 11.5 Å². The summed E-state index contributed by atoms with van der Waals surface area (Å²) in [6, 6.07) is 11.3. The first-order chi connectivity index (χ1) is 14.9. The summed E-state index contributed by atoms with van der Waals surface area (Å²) < 4.78 is 39.0. The minimum atomic E-state index is -3.75. The van der Waals surface area contributed by atoms with E-state index in [9.17, 15) is 13.2 Å². The van der Waals surface area contributed by atoms with Gasteiger partial charge < -0.3 is 14.8 Å². The first kappa shape index (κ1) is 21.6. The van der Waals surface area contributed by atoms with Crippen molar-refractivity contribution in [2.75, 3.05) is 19.8 Å². The maximum atomic E-state index is 13.2. The van der Waals surface area contributed by atoms with E-state index in [1.165, 1.54) is 4.31 Å². The Balaban J connectivity index is 1.51. The molecule has 31 heavy (non-hydrogen) atoms. The first-order valence-corrected chi connectivity index (χ1v) is 12.1. The molecule has 0 aromatic heterocycles. The van der Waals surface area contributed by atoms with Gasteiger partial charge in [0, 0.05) is 6.54 Å². The van der Waals surface area contributed by atoms with E-state index in [-0.39, 0.29) is 16.8 Å². The molecule has 0 saturated carbocycles. The highest BCUT2D eigenvalue weighted by Crippen LogP contribution is 2.33. The lowest BCUT2D eigenvalue weighted by Crippen LogP contribution is -2.52. The zero-order valence-corrected chi connectivity index (χ0v) is 18.7. The zero-order chi connectivity index (χ0) is 22.0. The van der Waals surface area contributed by atoms with E-state index in [0.717, 1.165) is 24.0 Å². The summed E-state index contributed by atoms with van der Waals surface area (Å²) in [5.74, 6) is 1.07. The molecule has 2 aromatic rings. The maximum absolute atomic E-state index is 13.2. The molecule has 2 aliphatic heterocycles. The second-order valence-electron chi connectivity index (χ2n) is 8.07. The quantitative estimate of drug-likeness (QED) is 0.766. The number of amides is 1. The van der Waals surface area contributed by atoms with Crippen LogP contribution in [0.4, 0.5) is 0 Å². The van der Waals surface area contributed by atoms with Crippen molar-refractivity contribution in [1.29, 1.82) is 0 Å². The molecule has 0 spiro atoms. The lowest BCUT2D eigenvalue weighted by atomic mass is 10.0. The molecule has 0 unspecified atom stereocenters. The number of nitrogens with one attached hydrogen (secondary N) is 1. The van der Waals surface area contributed by atoms with E-state index in [1.807, 2.05) is 32.0 Å². The van der Waals surface area contributed by atoms with Crippen LogP contribution in [0.1, 0.15) is 43.4 Å². The SMILES string of the molecule is Cc1ccc(S(=O)(=O)N2CCCC[C@@H]2C(=O)N[C@H](C)c2ccc3c(c2)OCCO3)cc1. The van der Waals surface area contributed by atoms with Gasteiger partial charge in [-0.2, -0.15) is 4.31 Å². The van der Waals surface area contributed by atoms with Gasteiger partial charge >= 0.3 is 0 Å². The van der Waals surface area contributed by atoms with Crippen LogP contribution in [-0.2, 0) is 14.8 Å². The van der Waals surface area contributed by atoms with Crippen LogP contribution in [0.3, 0.4) is 0 Å². The summed E-state index contributed by atoms with van der Waals surface area (Å²) in [6.45, 7) is 5.14. The van der Waals surface area contributed by atoms with Crippen molar-refractivity contribution in [3.05, 3.63) is 53.6 Å². The molecular formula is C23H28N2O5S. The number of carbonyl (C=O) groups excluding carboxylic acids is 1. The van der Waals surface area contributed by atoms with Gasteiger partial charge in [-0.25, -0.2) is 8.42 Å². The van der Waals surface area contributed by atoms with Gasteiger partial charge in [0.1, 0.15) is 19.3 Å². The number of benzene rings is 2. The van der Waals surface area contributed by atoms with Crippen LogP contribution in [0.25, 0.3) is 0 Å². The van der Waals surface area contributed by atoms with Gasteiger partial charge in [-0.1, -0.05) is 30.2 Å². The zero-order valence-electron chi connectivity index (χ0n) is 17.8. The minimum absolute atomic E-state index is 0.220. The number of ether oxygens (including phenoxy) is 2. The van der Waals surface area contributed by atoms with Gasteiger partial charge in [-0.15, -0.1) is 0 Å². The van der Waals surface area contributed by atoms with Gasteiger partial charge in [-0.3, -0.25) is 4.79 Å². The monoisotopic (exact) mass is 444 g/mol. The van der Waals surface area contributed by atoms with E-state index in [2.05, 4.69) is 5.32 Å². The fraction of sp³-hybridized carbons (Fsp3) is 0.435. The molecule has 7 nitrogen and oxygen atoms in total. The Hall–Kier alpha value is -2.58. The Morgan fingerprint density at radius 3 is 2.52 bits per heavy atom. The van der Waals surface area contributed by atoms with Crippen molar-refractivity contribution in [2.45, 2.75) is 50.1 Å². The van der Waals surface area contributed by atoms with Gasteiger partial charge in [0.15, 0.2) is 11.5 Å². The molecule has 1 saturated heterocycles. The fourth-order valence-corrected chi connectivity index (χ4v) is 5.68. The second kappa shape index (κ2) is 8.88. The number of fused-ring (bicyclic) bond motifs is 1. The van der Waals surface area contributed by atoms with Crippen molar-refractivity contribution < 1.29 is 22.7 Å². The van der Waals surface area contributed by atoms with Crippen LogP contribution in [0.2, 0.25) is 0 Å². The molecule has 0 aliphatic carbocycles. The summed E-state index contributed by atoms with van der Waals surface area (Å²) >= 11 is 0. The Morgan fingerprint density at radius 1 is 1.06 bits per heavy atom. The van der Waals surface area contributed by atoms with E-state index < -0.39 is 16.1 Å². The van der Waals surface area contributed by atoms with Gasteiger partial charge in [0.2, 0.25) is 15.9 Å². The van der Waals surface area contributed by atoms with Crippen LogP contribution >= 0.6 is 0 Å².